The first kappa shape index (κ1) is 17.5. The normalized spacial score (nSPS) is 13.1. The molecule has 0 radical (unpaired) electrons. The number of pyridine rings is 1. The van der Waals surface area contributed by atoms with Crippen molar-refractivity contribution in [3.05, 3.63) is 66.1 Å². The Morgan fingerprint density at radius 2 is 1.85 bits per heavy atom. The van der Waals surface area contributed by atoms with Crippen LogP contribution in [0.5, 0.6) is 5.75 Å². The second-order valence-electron chi connectivity index (χ2n) is 6.83. The van der Waals surface area contributed by atoms with Gasteiger partial charge in [-0.1, -0.05) is 18.2 Å². The van der Waals surface area contributed by atoms with E-state index in [1.54, 1.807) is 6.20 Å². The predicted molar refractivity (Wildman–Crippen MR) is 107 cm³/mol. The van der Waals surface area contributed by atoms with Crippen LogP contribution in [0, 0.1) is 0 Å². The van der Waals surface area contributed by atoms with Gasteiger partial charge in [-0.25, -0.2) is 9.97 Å². The third-order valence-corrected chi connectivity index (χ3v) is 4.88. The molecule has 5 nitrogen and oxygen atoms in total. The average Bonchev–Trinajstić information content (AvgIpc) is 2.74. The molecule has 0 saturated carbocycles. The van der Waals surface area contributed by atoms with Crippen molar-refractivity contribution in [1.82, 2.24) is 15.0 Å². The second kappa shape index (κ2) is 8.16. The average molecular weight is 360 g/mol. The minimum Gasteiger partial charge on any atom is -0.492 e. The lowest BCUT2D eigenvalue weighted by molar-refractivity contribution is 0.325. The van der Waals surface area contributed by atoms with E-state index in [4.69, 9.17) is 14.7 Å². The molecule has 0 spiro atoms. The summed E-state index contributed by atoms with van der Waals surface area (Å²) in [6.07, 6.45) is 8.05. The van der Waals surface area contributed by atoms with Gasteiger partial charge in [-0.15, -0.1) is 0 Å². The van der Waals surface area contributed by atoms with Gasteiger partial charge in [0, 0.05) is 36.3 Å². The summed E-state index contributed by atoms with van der Waals surface area (Å²) in [5.74, 6) is 2.68. The number of anilines is 1. The number of aromatic nitrogens is 3. The van der Waals surface area contributed by atoms with Crippen molar-refractivity contribution in [2.75, 3.05) is 25.1 Å². The summed E-state index contributed by atoms with van der Waals surface area (Å²) in [6.45, 7) is 1.38. The summed E-state index contributed by atoms with van der Waals surface area (Å²) in [4.78, 5) is 16.2. The topological polar surface area (TPSA) is 51.1 Å². The summed E-state index contributed by atoms with van der Waals surface area (Å²) < 4.78 is 5.86. The molecule has 5 heteroatoms. The van der Waals surface area contributed by atoms with Crippen LogP contribution < -0.4 is 9.64 Å². The molecule has 0 aliphatic heterocycles. The van der Waals surface area contributed by atoms with Crippen LogP contribution in [0.2, 0.25) is 0 Å². The van der Waals surface area contributed by atoms with Gasteiger partial charge in [0.15, 0.2) is 5.82 Å². The molecule has 2 heterocycles. The fourth-order valence-electron chi connectivity index (χ4n) is 3.44. The fraction of sp³-hybridized carbons (Fsp3) is 0.318. The fourth-order valence-corrected chi connectivity index (χ4v) is 3.44. The molecule has 1 aliphatic carbocycles. The number of nitrogens with zero attached hydrogens (tertiary/aromatic N) is 4. The van der Waals surface area contributed by atoms with Gasteiger partial charge in [0.05, 0.1) is 6.54 Å². The highest BCUT2D eigenvalue weighted by Gasteiger charge is 2.20. The van der Waals surface area contributed by atoms with E-state index in [9.17, 15) is 0 Å². The van der Waals surface area contributed by atoms with Crippen molar-refractivity contribution in [2.24, 2.45) is 0 Å². The number of likely N-dealkylation sites (N-methyl/N-ethyl adjacent to an activating group) is 1. The van der Waals surface area contributed by atoms with Gasteiger partial charge in [0.25, 0.3) is 0 Å². The van der Waals surface area contributed by atoms with Crippen molar-refractivity contribution >= 4 is 5.82 Å². The Morgan fingerprint density at radius 1 is 1.00 bits per heavy atom. The molecule has 0 bridgehead atoms. The van der Waals surface area contributed by atoms with E-state index in [2.05, 4.69) is 16.9 Å². The highest BCUT2D eigenvalue weighted by molar-refractivity contribution is 5.60. The van der Waals surface area contributed by atoms with Gasteiger partial charge in [-0.2, -0.15) is 0 Å². The zero-order valence-corrected chi connectivity index (χ0v) is 15.6. The molecular formula is C22H24N4O. The summed E-state index contributed by atoms with van der Waals surface area (Å²) >= 11 is 0. The Labute approximate surface area is 160 Å². The molecule has 138 valence electrons. The van der Waals surface area contributed by atoms with Crippen LogP contribution in [0.1, 0.15) is 24.1 Å². The maximum atomic E-state index is 5.86. The Bertz CT molecular complexity index is 884. The Hall–Kier alpha value is -2.95. The largest absolute Gasteiger partial charge is 0.492 e. The molecular weight excluding hydrogens is 336 g/mol. The number of fused-ring (bicyclic) bond motifs is 1. The van der Waals surface area contributed by atoms with Crippen LogP contribution in [0.25, 0.3) is 11.4 Å². The number of rotatable bonds is 6. The Kier molecular flexibility index (Phi) is 5.28. The lowest BCUT2D eigenvalue weighted by atomic mass is 9.96. The van der Waals surface area contributed by atoms with Crippen LogP contribution >= 0.6 is 0 Å². The molecule has 0 unspecified atom stereocenters. The minimum absolute atomic E-state index is 0.613. The van der Waals surface area contributed by atoms with E-state index >= 15 is 0 Å². The maximum absolute atomic E-state index is 5.86. The van der Waals surface area contributed by atoms with Gasteiger partial charge in [-0.05, 0) is 49.9 Å². The molecule has 1 aromatic carbocycles. The van der Waals surface area contributed by atoms with E-state index in [-0.39, 0.29) is 0 Å². The molecule has 0 saturated heterocycles. The lowest BCUT2D eigenvalue weighted by Gasteiger charge is -2.25. The second-order valence-corrected chi connectivity index (χ2v) is 6.83. The molecule has 27 heavy (non-hydrogen) atoms. The first-order chi connectivity index (χ1) is 13.3. The van der Waals surface area contributed by atoms with Crippen LogP contribution in [0.3, 0.4) is 0 Å². The van der Waals surface area contributed by atoms with Gasteiger partial charge in [0.1, 0.15) is 18.2 Å². The van der Waals surface area contributed by atoms with Gasteiger partial charge in [0.2, 0.25) is 0 Å². The van der Waals surface area contributed by atoms with Crippen molar-refractivity contribution in [2.45, 2.75) is 25.7 Å². The number of para-hydroxylation sites is 1. The highest BCUT2D eigenvalue weighted by Crippen LogP contribution is 2.30. The van der Waals surface area contributed by atoms with Crippen LogP contribution in [-0.2, 0) is 12.8 Å². The smallest absolute Gasteiger partial charge is 0.163 e. The summed E-state index contributed by atoms with van der Waals surface area (Å²) in [6, 6.07) is 13.9. The minimum atomic E-state index is 0.613. The third kappa shape index (κ3) is 4.08. The van der Waals surface area contributed by atoms with E-state index in [1.807, 2.05) is 48.7 Å². The van der Waals surface area contributed by atoms with Crippen molar-refractivity contribution < 1.29 is 4.74 Å². The monoisotopic (exact) mass is 360 g/mol. The predicted octanol–water partition coefficient (Wildman–Crippen LogP) is 3.93. The molecule has 1 aliphatic rings. The molecule has 4 rings (SSSR count). The van der Waals surface area contributed by atoms with E-state index in [0.717, 1.165) is 42.3 Å². The van der Waals surface area contributed by atoms with Gasteiger partial charge < -0.3 is 9.64 Å². The third-order valence-electron chi connectivity index (χ3n) is 4.88. The number of ether oxygens (including phenoxy) is 1. The van der Waals surface area contributed by atoms with Gasteiger partial charge in [-0.3, -0.25) is 4.98 Å². The van der Waals surface area contributed by atoms with E-state index < -0.39 is 0 Å². The number of aryl methyl sites for hydroxylation is 1. The lowest BCUT2D eigenvalue weighted by Crippen LogP contribution is -2.27. The molecule has 0 fully saturated rings. The number of benzene rings is 1. The van der Waals surface area contributed by atoms with Crippen LogP contribution in [-0.4, -0.2) is 35.2 Å². The van der Waals surface area contributed by atoms with Crippen LogP contribution in [0.15, 0.2) is 54.9 Å². The molecule has 0 N–H and O–H groups in total. The number of hydrogen-bond acceptors (Lipinski definition) is 5. The molecule has 2 aromatic heterocycles. The first-order valence-corrected chi connectivity index (χ1v) is 9.50. The van der Waals surface area contributed by atoms with Gasteiger partial charge >= 0.3 is 0 Å². The summed E-state index contributed by atoms with van der Waals surface area (Å²) in [5.41, 5.74) is 3.43. The van der Waals surface area contributed by atoms with E-state index in [1.165, 1.54) is 24.1 Å². The molecule has 3 aromatic rings. The summed E-state index contributed by atoms with van der Waals surface area (Å²) in [7, 11) is 2.08. The SMILES string of the molecule is CN(CCOc1ccccc1)c1nc(-c2cccnc2)nc2c1CCCC2. The van der Waals surface area contributed by atoms with Crippen LogP contribution in [0.4, 0.5) is 5.82 Å². The Morgan fingerprint density at radius 3 is 2.67 bits per heavy atom. The number of hydrogen-bond donors (Lipinski definition) is 0. The van der Waals surface area contributed by atoms with Crippen molar-refractivity contribution in [3.63, 3.8) is 0 Å². The zero-order chi connectivity index (χ0) is 18.5. The zero-order valence-electron chi connectivity index (χ0n) is 15.6. The molecule has 0 amide bonds. The van der Waals surface area contributed by atoms with E-state index in [0.29, 0.717) is 6.61 Å². The summed E-state index contributed by atoms with van der Waals surface area (Å²) in [5, 5.41) is 0. The van der Waals surface area contributed by atoms with Crippen molar-refractivity contribution in [3.8, 4) is 17.1 Å². The Balaban J connectivity index is 1.56. The van der Waals surface area contributed by atoms with Crippen molar-refractivity contribution in [1.29, 1.82) is 0 Å². The quantitative estimate of drug-likeness (QED) is 0.667. The molecule has 0 atom stereocenters. The highest BCUT2D eigenvalue weighted by atomic mass is 16.5. The maximum Gasteiger partial charge on any atom is 0.163 e. The standard InChI is InChI=1S/C22H24N4O/c1-26(14-15-27-18-9-3-2-4-10-18)22-19-11-5-6-12-20(19)24-21(25-22)17-8-7-13-23-16-17/h2-4,7-10,13,16H,5-6,11-12,14-15H2,1H3. The first-order valence-electron chi connectivity index (χ1n) is 9.50.